The van der Waals surface area contributed by atoms with Crippen LogP contribution in [0.25, 0.3) is 10.8 Å². The first-order valence-corrected chi connectivity index (χ1v) is 6.02. The summed E-state index contributed by atoms with van der Waals surface area (Å²) >= 11 is 0. The predicted octanol–water partition coefficient (Wildman–Crippen LogP) is 4.89. The van der Waals surface area contributed by atoms with E-state index in [0.29, 0.717) is 5.92 Å². The van der Waals surface area contributed by atoms with E-state index in [0.717, 1.165) is 0 Å². The second-order valence-electron chi connectivity index (χ2n) is 4.99. The number of rotatable bonds is 1. The highest BCUT2D eigenvalue weighted by Crippen LogP contribution is 2.33. The summed E-state index contributed by atoms with van der Waals surface area (Å²) in [6, 6.07) is 8.77. The van der Waals surface area contributed by atoms with Crippen LogP contribution in [0.15, 0.2) is 24.3 Å². The predicted molar refractivity (Wildman–Crippen MR) is 72.2 cm³/mol. The summed E-state index contributed by atoms with van der Waals surface area (Å²) in [4.78, 5) is 0. The van der Waals surface area contributed by atoms with Crippen molar-refractivity contribution in [2.75, 3.05) is 0 Å². The molecule has 0 heterocycles. The lowest BCUT2D eigenvalue weighted by atomic mass is 9.86. The summed E-state index contributed by atoms with van der Waals surface area (Å²) in [7, 11) is 0. The van der Waals surface area contributed by atoms with E-state index in [2.05, 4.69) is 58.9 Å². The highest BCUT2D eigenvalue weighted by Gasteiger charge is 2.13. The van der Waals surface area contributed by atoms with E-state index < -0.39 is 0 Å². The van der Waals surface area contributed by atoms with E-state index >= 15 is 0 Å². The molecule has 0 aliphatic carbocycles. The molecule has 0 fully saturated rings. The topological polar surface area (TPSA) is 0 Å². The summed E-state index contributed by atoms with van der Waals surface area (Å²) in [5.74, 6) is 0.587. The minimum atomic E-state index is 0.587. The van der Waals surface area contributed by atoms with Crippen LogP contribution in [0, 0.1) is 20.8 Å². The van der Waals surface area contributed by atoms with Gasteiger partial charge in [-0.2, -0.15) is 0 Å². The van der Waals surface area contributed by atoms with Crippen LogP contribution in [0.3, 0.4) is 0 Å². The molecule has 2 rings (SSSR count). The average Bonchev–Trinajstić information content (AvgIpc) is 2.26. The zero-order valence-corrected chi connectivity index (χ0v) is 10.9. The molecule has 0 spiro atoms. The Bertz CT molecular complexity index is 533. The van der Waals surface area contributed by atoms with E-state index in [9.17, 15) is 0 Å². The summed E-state index contributed by atoms with van der Waals surface area (Å²) in [6.45, 7) is 11.3. The molecule has 16 heavy (non-hydrogen) atoms. The molecule has 2 aromatic carbocycles. The Kier molecular flexibility index (Phi) is 2.75. The van der Waals surface area contributed by atoms with Crippen molar-refractivity contribution < 1.29 is 0 Å². The summed E-state index contributed by atoms with van der Waals surface area (Å²) in [5, 5.41) is 2.84. The third-order valence-electron chi connectivity index (χ3n) is 3.73. The lowest BCUT2D eigenvalue weighted by Gasteiger charge is -2.19. The molecule has 0 atom stereocenters. The zero-order valence-electron chi connectivity index (χ0n) is 10.9. The molecule has 0 aliphatic heterocycles. The van der Waals surface area contributed by atoms with Gasteiger partial charge in [-0.3, -0.25) is 0 Å². The highest BCUT2D eigenvalue weighted by atomic mass is 14.2. The molecular weight excluding hydrogens is 192 g/mol. The van der Waals surface area contributed by atoms with Crippen LogP contribution >= 0.6 is 0 Å². The van der Waals surface area contributed by atoms with Crippen LogP contribution in [0.2, 0.25) is 0 Å². The SMILES string of the molecule is Cc1c(C)c(C(C)C)c2ccccc2c1C. The van der Waals surface area contributed by atoms with Crippen LogP contribution in [0.1, 0.15) is 42.0 Å². The number of fused-ring (bicyclic) bond motifs is 1. The molecule has 0 heteroatoms. The van der Waals surface area contributed by atoms with E-state index in [1.165, 1.54) is 33.0 Å². The summed E-state index contributed by atoms with van der Waals surface area (Å²) in [6.07, 6.45) is 0. The molecule has 2 aromatic rings. The molecule has 0 saturated heterocycles. The Morgan fingerprint density at radius 3 is 1.88 bits per heavy atom. The number of benzene rings is 2. The van der Waals surface area contributed by atoms with Gasteiger partial charge in [0.15, 0.2) is 0 Å². The zero-order chi connectivity index (χ0) is 11.9. The molecule has 0 unspecified atom stereocenters. The maximum atomic E-state index is 2.28. The molecule has 0 nitrogen and oxygen atoms in total. The van der Waals surface area contributed by atoms with Crippen molar-refractivity contribution in [3.63, 3.8) is 0 Å². The van der Waals surface area contributed by atoms with Crippen molar-refractivity contribution in [3.05, 3.63) is 46.5 Å². The first-order chi connectivity index (χ1) is 7.54. The fraction of sp³-hybridized carbons (Fsp3) is 0.375. The van der Waals surface area contributed by atoms with Crippen LogP contribution in [0.5, 0.6) is 0 Å². The van der Waals surface area contributed by atoms with Crippen molar-refractivity contribution in [2.45, 2.75) is 40.5 Å². The fourth-order valence-corrected chi connectivity index (χ4v) is 2.68. The average molecular weight is 212 g/mol. The van der Waals surface area contributed by atoms with E-state index in [1.807, 2.05) is 0 Å². The Labute approximate surface area is 98.3 Å². The van der Waals surface area contributed by atoms with Crippen LogP contribution in [-0.2, 0) is 0 Å². The number of aryl methyl sites for hydroxylation is 1. The maximum Gasteiger partial charge on any atom is -0.0144 e. The first kappa shape index (κ1) is 11.2. The normalized spacial score (nSPS) is 11.4. The summed E-state index contributed by atoms with van der Waals surface area (Å²) in [5.41, 5.74) is 5.85. The van der Waals surface area contributed by atoms with Crippen LogP contribution in [-0.4, -0.2) is 0 Å². The first-order valence-electron chi connectivity index (χ1n) is 6.02. The lowest BCUT2D eigenvalue weighted by Crippen LogP contribution is -1.99. The Morgan fingerprint density at radius 1 is 0.750 bits per heavy atom. The maximum absolute atomic E-state index is 2.28. The van der Waals surface area contributed by atoms with Gasteiger partial charge in [-0.15, -0.1) is 0 Å². The van der Waals surface area contributed by atoms with Crippen molar-refractivity contribution >= 4 is 10.8 Å². The molecular formula is C16H20. The molecule has 0 radical (unpaired) electrons. The van der Waals surface area contributed by atoms with Crippen molar-refractivity contribution in [1.82, 2.24) is 0 Å². The molecule has 0 N–H and O–H groups in total. The van der Waals surface area contributed by atoms with Gasteiger partial charge in [0, 0.05) is 0 Å². The minimum Gasteiger partial charge on any atom is -0.0616 e. The van der Waals surface area contributed by atoms with Gasteiger partial charge in [-0.05, 0) is 59.7 Å². The molecule has 0 saturated carbocycles. The lowest BCUT2D eigenvalue weighted by molar-refractivity contribution is 0.863. The molecule has 0 amide bonds. The van der Waals surface area contributed by atoms with Gasteiger partial charge in [-0.25, -0.2) is 0 Å². The molecule has 0 aliphatic rings. The Morgan fingerprint density at radius 2 is 1.31 bits per heavy atom. The monoisotopic (exact) mass is 212 g/mol. The van der Waals surface area contributed by atoms with Crippen molar-refractivity contribution in [1.29, 1.82) is 0 Å². The van der Waals surface area contributed by atoms with Gasteiger partial charge in [0.25, 0.3) is 0 Å². The van der Waals surface area contributed by atoms with E-state index in [1.54, 1.807) is 0 Å². The van der Waals surface area contributed by atoms with E-state index in [-0.39, 0.29) is 0 Å². The highest BCUT2D eigenvalue weighted by molar-refractivity contribution is 5.91. The van der Waals surface area contributed by atoms with Gasteiger partial charge in [-0.1, -0.05) is 38.1 Å². The van der Waals surface area contributed by atoms with Gasteiger partial charge in [0.1, 0.15) is 0 Å². The molecule has 84 valence electrons. The van der Waals surface area contributed by atoms with E-state index in [4.69, 9.17) is 0 Å². The third-order valence-corrected chi connectivity index (χ3v) is 3.73. The fourth-order valence-electron chi connectivity index (χ4n) is 2.68. The smallest absolute Gasteiger partial charge is 0.0144 e. The number of hydrogen-bond acceptors (Lipinski definition) is 0. The van der Waals surface area contributed by atoms with Crippen molar-refractivity contribution in [2.24, 2.45) is 0 Å². The van der Waals surface area contributed by atoms with Crippen LogP contribution in [0.4, 0.5) is 0 Å². The minimum absolute atomic E-state index is 0.587. The quantitative estimate of drug-likeness (QED) is 0.631. The van der Waals surface area contributed by atoms with Crippen LogP contribution < -0.4 is 0 Å². The third kappa shape index (κ3) is 1.53. The number of hydrogen-bond donors (Lipinski definition) is 0. The molecule has 0 aromatic heterocycles. The van der Waals surface area contributed by atoms with Gasteiger partial charge in [0.2, 0.25) is 0 Å². The van der Waals surface area contributed by atoms with Gasteiger partial charge in [0.05, 0.1) is 0 Å². The van der Waals surface area contributed by atoms with Crippen molar-refractivity contribution in [3.8, 4) is 0 Å². The summed E-state index contributed by atoms with van der Waals surface area (Å²) < 4.78 is 0. The Hall–Kier alpha value is -1.30. The second kappa shape index (κ2) is 3.93. The standard InChI is InChI=1S/C16H20/c1-10(2)16-13(5)11(3)12(4)14-8-6-7-9-15(14)16/h6-10H,1-5H3. The van der Waals surface area contributed by atoms with Gasteiger partial charge < -0.3 is 0 Å². The van der Waals surface area contributed by atoms with Gasteiger partial charge >= 0.3 is 0 Å². The second-order valence-corrected chi connectivity index (χ2v) is 4.99. The largest absolute Gasteiger partial charge is 0.0616 e. The Balaban J connectivity index is 2.98. The molecule has 0 bridgehead atoms.